The number of aryl methyl sites for hydroxylation is 1. The van der Waals surface area contributed by atoms with Crippen LogP contribution in [0.5, 0.6) is 0 Å². The first-order chi connectivity index (χ1) is 20.1. The van der Waals surface area contributed by atoms with Crippen LogP contribution in [0, 0.1) is 0 Å². The van der Waals surface area contributed by atoms with Gasteiger partial charge in [0, 0.05) is 12.1 Å². The highest BCUT2D eigenvalue weighted by molar-refractivity contribution is 6.07. The summed E-state index contributed by atoms with van der Waals surface area (Å²) in [5.74, 6) is 0.574. The molecule has 0 bridgehead atoms. The molecule has 0 spiro atoms. The van der Waals surface area contributed by atoms with Gasteiger partial charge in [-0.2, -0.15) is 0 Å². The number of unbranched alkanes of at least 4 members (excludes halogenated alkanes) is 3. The zero-order chi connectivity index (χ0) is 28.8. The lowest BCUT2D eigenvalue weighted by molar-refractivity contribution is 0.0657. The van der Waals surface area contributed by atoms with Crippen LogP contribution in [0.4, 0.5) is 0 Å². The maximum atomic E-state index is 14.5. The zero-order valence-corrected chi connectivity index (χ0v) is 24.3. The molecule has 0 N–H and O–H groups in total. The van der Waals surface area contributed by atoms with Crippen molar-refractivity contribution >= 4 is 27.6 Å². The van der Waals surface area contributed by atoms with Gasteiger partial charge in [-0.25, -0.2) is 4.98 Å². The van der Waals surface area contributed by atoms with Crippen LogP contribution in [0.2, 0.25) is 0 Å². The summed E-state index contributed by atoms with van der Waals surface area (Å²) >= 11 is 0. The SMILES string of the molecule is CCCCCCN(C(=O)c1cccc2ccccc12)C(CC)c1nc2ccccc2c(=O)n1-c1ccc(CC)cc1. The number of nitrogens with zero attached hydrogens (tertiary/aromatic N) is 3. The number of rotatable bonds is 11. The normalized spacial score (nSPS) is 12.1. The predicted octanol–water partition coefficient (Wildman–Crippen LogP) is 8.28. The van der Waals surface area contributed by atoms with Gasteiger partial charge in [0.2, 0.25) is 0 Å². The molecule has 0 saturated heterocycles. The standard InChI is InChI=1S/C36H39N3O2/c1-4-7-8-13-25-38(35(40)30-19-14-16-27-15-9-10-17-29(27)30)33(6-3)34-37-32-20-12-11-18-31(32)36(41)39(34)28-23-21-26(5-2)22-24-28/h9-12,14-24,33H,4-8,13,25H2,1-3H3. The molecule has 1 atom stereocenters. The Morgan fingerprint density at radius 1 is 0.805 bits per heavy atom. The van der Waals surface area contributed by atoms with Crippen LogP contribution >= 0.6 is 0 Å². The Morgan fingerprint density at radius 3 is 2.24 bits per heavy atom. The monoisotopic (exact) mass is 545 g/mol. The number of hydrogen-bond acceptors (Lipinski definition) is 3. The minimum absolute atomic E-state index is 0.0274. The van der Waals surface area contributed by atoms with E-state index in [1.54, 1.807) is 4.57 Å². The van der Waals surface area contributed by atoms with E-state index >= 15 is 0 Å². The first-order valence-corrected chi connectivity index (χ1v) is 15.0. The third-order valence-electron chi connectivity index (χ3n) is 8.00. The van der Waals surface area contributed by atoms with Crippen LogP contribution in [-0.4, -0.2) is 26.9 Å². The van der Waals surface area contributed by atoms with Gasteiger partial charge in [0.25, 0.3) is 11.5 Å². The van der Waals surface area contributed by atoms with Crippen LogP contribution < -0.4 is 5.56 Å². The molecule has 5 rings (SSSR count). The van der Waals surface area contributed by atoms with Crippen molar-refractivity contribution in [2.24, 2.45) is 0 Å². The summed E-state index contributed by atoms with van der Waals surface area (Å²) in [6.45, 7) is 6.98. The van der Waals surface area contributed by atoms with Crippen LogP contribution in [0.25, 0.3) is 27.4 Å². The summed E-state index contributed by atoms with van der Waals surface area (Å²) in [4.78, 5) is 35.6. The third kappa shape index (κ3) is 5.81. The summed E-state index contributed by atoms with van der Waals surface area (Å²) < 4.78 is 1.73. The van der Waals surface area contributed by atoms with E-state index < -0.39 is 0 Å². The van der Waals surface area contributed by atoms with E-state index in [1.807, 2.05) is 83.8 Å². The molecule has 0 radical (unpaired) electrons. The van der Waals surface area contributed by atoms with Crippen molar-refractivity contribution in [3.63, 3.8) is 0 Å². The van der Waals surface area contributed by atoms with Crippen molar-refractivity contribution in [2.75, 3.05) is 6.54 Å². The first kappa shape index (κ1) is 28.3. The van der Waals surface area contributed by atoms with Crippen LogP contribution in [0.1, 0.15) is 80.7 Å². The first-order valence-electron chi connectivity index (χ1n) is 15.0. The van der Waals surface area contributed by atoms with E-state index in [4.69, 9.17) is 4.98 Å². The van der Waals surface area contributed by atoms with Gasteiger partial charge in [-0.05, 0) is 65.9 Å². The van der Waals surface area contributed by atoms with E-state index in [0.29, 0.717) is 35.3 Å². The van der Waals surface area contributed by atoms with Gasteiger partial charge >= 0.3 is 0 Å². The van der Waals surface area contributed by atoms with Gasteiger partial charge in [0.1, 0.15) is 5.82 Å². The van der Waals surface area contributed by atoms with Gasteiger partial charge in [-0.3, -0.25) is 14.2 Å². The predicted molar refractivity (Wildman–Crippen MR) is 169 cm³/mol. The van der Waals surface area contributed by atoms with Crippen molar-refractivity contribution in [3.05, 3.63) is 118 Å². The number of aromatic nitrogens is 2. The Hall–Kier alpha value is -4.25. The third-order valence-corrected chi connectivity index (χ3v) is 8.00. The second kappa shape index (κ2) is 12.9. The van der Waals surface area contributed by atoms with E-state index in [9.17, 15) is 9.59 Å². The molecular formula is C36H39N3O2. The molecule has 0 saturated carbocycles. The quantitative estimate of drug-likeness (QED) is 0.157. The smallest absolute Gasteiger partial charge is 0.266 e. The second-order valence-corrected chi connectivity index (χ2v) is 10.7. The molecule has 1 amide bonds. The lowest BCUT2D eigenvalue weighted by Crippen LogP contribution is -2.39. The summed E-state index contributed by atoms with van der Waals surface area (Å²) in [5, 5.41) is 2.54. The maximum Gasteiger partial charge on any atom is 0.266 e. The van der Waals surface area contributed by atoms with Gasteiger partial charge in [0.05, 0.1) is 22.6 Å². The Morgan fingerprint density at radius 2 is 1.51 bits per heavy atom. The lowest BCUT2D eigenvalue weighted by Gasteiger charge is -2.33. The average Bonchev–Trinajstić information content (AvgIpc) is 3.02. The van der Waals surface area contributed by atoms with Crippen LogP contribution in [0.3, 0.4) is 0 Å². The molecule has 0 fully saturated rings. The molecular weight excluding hydrogens is 506 g/mol. The summed E-state index contributed by atoms with van der Waals surface area (Å²) in [5.41, 5.74) is 3.18. The fourth-order valence-corrected chi connectivity index (χ4v) is 5.72. The molecule has 0 aliphatic carbocycles. The molecule has 41 heavy (non-hydrogen) atoms. The Kier molecular flexibility index (Phi) is 8.93. The van der Waals surface area contributed by atoms with E-state index in [-0.39, 0.29) is 17.5 Å². The van der Waals surface area contributed by atoms with Crippen molar-refractivity contribution in [3.8, 4) is 5.69 Å². The number of para-hydroxylation sites is 1. The number of amides is 1. The number of carbonyl (C=O) groups excluding carboxylic acids is 1. The number of benzene rings is 4. The highest BCUT2D eigenvalue weighted by Gasteiger charge is 2.30. The number of carbonyl (C=O) groups is 1. The fourth-order valence-electron chi connectivity index (χ4n) is 5.72. The fraction of sp³-hybridized carbons (Fsp3) is 0.306. The second-order valence-electron chi connectivity index (χ2n) is 10.7. The Bertz CT molecular complexity index is 1700. The molecule has 1 heterocycles. The Balaban J connectivity index is 1.69. The molecule has 1 unspecified atom stereocenters. The summed E-state index contributed by atoms with van der Waals surface area (Å²) in [6, 6.07) is 29.1. The van der Waals surface area contributed by atoms with E-state index in [2.05, 4.69) is 32.9 Å². The molecule has 4 aromatic carbocycles. The molecule has 210 valence electrons. The molecule has 1 aromatic heterocycles. The van der Waals surface area contributed by atoms with Gasteiger partial charge in [-0.15, -0.1) is 0 Å². The van der Waals surface area contributed by atoms with Crippen molar-refractivity contribution < 1.29 is 4.79 Å². The Labute approximate surface area is 242 Å². The lowest BCUT2D eigenvalue weighted by atomic mass is 10.0. The highest BCUT2D eigenvalue weighted by Crippen LogP contribution is 2.30. The minimum Gasteiger partial charge on any atom is -0.328 e. The van der Waals surface area contributed by atoms with Crippen molar-refractivity contribution in [1.29, 1.82) is 0 Å². The summed E-state index contributed by atoms with van der Waals surface area (Å²) in [6.07, 6.45) is 5.72. The maximum absolute atomic E-state index is 14.5. The minimum atomic E-state index is -0.383. The summed E-state index contributed by atoms with van der Waals surface area (Å²) in [7, 11) is 0. The van der Waals surface area contributed by atoms with Gasteiger partial charge < -0.3 is 4.90 Å². The molecule has 5 heteroatoms. The van der Waals surface area contributed by atoms with E-state index in [0.717, 1.165) is 48.6 Å². The largest absolute Gasteiger partial charge is 0.328 e. The molecule has 0 aliphatic rings. The van der Waals surface area contributed by atoms with Gasteiger partial charge in [-0.1, -0.05) is 101 Å². The van der Waals surface area contributed by atoms with Crippen LogP contribution in [0.15, 0.2) is 95.8 Å². The van der Waals surface area contributed by atoms with Crippen LogP contribution in [-0.2, 0) is 6.42 Å². The van der Waals surface area contributed by atoms with Gasteiger partial charge in [0.15, 0.2) is 0 Å². The molecule has 5 aromatic rings. The van der Waals surface area contributed by atoms with Crippen molar-refractivity contribution in [2.45, 2.75) is 65.3 Å². The van der Waals surface area contributed by atoms with E-state index in [1.165, 1.54) is 5.56 Å². The zero-order valence-electron chi connectivity index (χ0n) is 24.3. The van der Waals surface area contributed by atoms with Crippen molar-refractivity contribution in [1.82, 2.24) is 14.5 Å². The number of fused-ring (bicyclic) bond motifs is 2. The topological polar surface area (TPSA) is 55.2 Å². The average molecular weight is 546 g/mol. The molecule has 5 nitrogen and oxygen atoms in total. The number of hydrogen-bond donors (Lipinski definition) is 0. The molecule has 0 aliphatic heterocycles. The highest BCUT2D eigenvalue weighted by atomic mass is 16.2.